The van der Waals surface area contributed by atoms with Crippen LogP contribution in [0.1, 0.15) is 39.1 Å². The monoisotopic (exact) mass is 325 g/mol. The fourth-order valence-electron chi connectivity index (χ4n) is 3.27. The summed E-state index contributed by atoms with van der Waals surface area (Å²) in [5.41, 5.74) is 1.98. The number of nitrogens with one attached hydrogen (secondary N) is 1. The van der Waals surface area contributed by atoms with Gasteiger partial charge in [-0.1, -0.05) is 24.3 Å². The third-order valence-electron chi connectivity index (χ3n) is 4.74. The van der Waals surface area contributed by atoms with Crippen LogP contribution >= 0.6 is 0 Å². The van der Waals surface area contributed by atoms with Gasteiger partial charge in [0.2, 0.25) is 0 Å². The Morgan fingerprint density at radius 2 is 1.54 bits per heavy atom. The number of quaternary nitrogens is 1. The van der Waals surface area contributed by atoms with Gasteiger partial charge >= 0.3 is 0 Å². The van der Waals surface area contributed by atoms with Crippen molar-refractivity contribution in [1.29, 1.82) is 0 Å². The smallest absolute Gasteiger partial charge is 0.265 e. The second-order valence-electron chi connectivity index (χ2n) is 6.48. The van der Waals surface area contributed by atoms with Crippen LogP contribution in [-0.2, 0) is 6.54 Å². The summed E-state index contributed by atoms with van der Waals surface area (Å²) in [5.74, 6) is -0.687. The number of halogens is 1. The van der Waals surface area contributed by atoms with Crippen LogP contribution in [-0.4, -0.2) is 29.4 Å². The lowest BCUT2D eigenvalue weighted by Crippen LogP contribution is -3.13. The maximum Gasteiger partial charge on any atom is 0.265 e. The number of amides is 2. The fourth-order valence-corrected chi connectivity index (χ4v) is 3.27. The van der Waals surface area contributed by atoms with Crippen LogP contribution in [0.5, 0.6) is 0 Å². The molecule has 1 atom stereocenters. The standard InChI is InChI=1S/C19H17FN2O2/c20-14-7-5-13(6-8-14)11-21(15-9-10-15)12-22-18(23)16-3-1-2-4-17(16)19(22)24/h1-8,15H,9-12H2/p+1. The maximum absolute atomic E-state index is 13.1. The van der Waals surface area contributed by atoms with Crippen LogP contribution in [0, 0.1) is 5.82 Å². The predicted molar refractivity (Wildman–Crippen MR) is 85.9 cm³/mol. The van der Waals surface area contributed by atoms with Crippen LogP contribution in [0.3, 0.4) is 0 Å². The summed E-state index contributed by atoms with van der Waals surface area (Å²) in [4.78, 5) is 27.6. The van der Waals surface area contributed by atoms with Crippen LogP contribution in [0.25, 0.3) is 0 Å². The molecule has 1 N–H and O–H groups in total. The van der Waals surface area contributed by atoms with Crippen molar-refractivity contribution in [3.8, 4) is 0 Å². The molecule has 0 radical (unpaired) electrons. The van der Waals surface area contributed by atoms with E-state index >= 15 is 0 Å². The zero-order valence-corrected chi connectivity index (χ0v) is 13.2. The Bertz CT molecular complexity index is 764. The summed E-state index contributed by atoms with van der Waals surface area (Å²) in [6.07, 6.45) is 2.19. The molecule has 2 aromatic rings. The van der Waals surface area contributed by atoms with Gasteiger partial charge in [-0.15, -0.1) is 0 Å². The Morgan fingerprint density at radius 3 is 2.08 bits per heavy atom. The van der Waals surface area contributed by atoms with Gasteiger partial charge in [0.1, 0.15) is 12.4 Å². The molecule has 122 valence electrons. The van der Waals surface area contributed by atoms with Crippen molar-refractivity contribution < 1.29 is 18.9 Å². The quantitative estimate of drug-likeness (QED) is 0.849. The highest BCUT2D eigenvalue weighted by Crippen LogP contribution is 2.22. The average molecular weight is 325 g/mol. The van der Waals surface area contributed by atoms with Gasteiger partial charge in [-0.05, 0) is 24.3 Å². The van der Waals surface area contributed by atoms with Crippen LogP contribution in [0.15, 0.2) is 48.5 Å². The number of hydrogen-bond acceptors (Lipinski definition) is 2. The van der Waals surface area contributed by atoms with E-state index in [1.807, 2.05) is 0 Å². The molecule has 1 fully saturated rings. The Morgan fingerprint density at radius 1 is 0.958 bits per heavy atom. The number of carbonyl (C=O) groups excluding carboxylic acids is 2. The van der Waals surface area contributed by atoms with E-state index in [1.165, 1.54) is 21.9 Å². The molecule has 2 aromatic carbocycles. The molecule has 0 spiro atoms. The van der Waals surface area contributed by atoms with Gasteiger partial charge < -0.3 is 4.90 Å². The third kappa shape index (κ3) is 2.71. The number of imide groups is 1. The van der Waals surface area contributed by atoms with Crippen molar-refractivity contribution in [3.63, 3.8) is 0 Å². The predicted octanol–water partition coefficient (Wildman–Crippen LogP) is 1.63. The molecule has 2 aliphatic rings. The first-order chi connectivity index (χ1) is 11.6. The van der Waals surface area contributed by atoms with Crippen LogP contribution < -0.4 is 4.90 Å². The van der Waals surface area contributed by atoms with E-state index in [1.54, 1.807) is 36.4 Å². The Balaban J connectivity index is 1.53. The van der Waals surface area contributed by atoms with Crippen molar-refractivity contribution in [1.82, 2.24) is 4.90 Å². The molecule has 1 aliphatic carbocycles. The minimum Gasteiger partial charge on any atom is -0.311 e. The number of carbonyl (C=O) groups is 2. The number of nitrogens with zero attached hydrogens (tertiary/aromatic N) is 1. The largest absolute Gasteiger partial charge is 0.311 e. The number of hydrogen-bond donors (Lipinski definition) is 1. The Hall–Kier alpha value is -2.53. The summed E-state index contributed by atoms with van der Waals surface area (Å²) in [5, 5.41) is 0. The van der Waals surface area contributed by atoms with Crippen molar-refractivity contribution in [2.75, 3.05) is 6.67 Å². The highest BCUT2D eigenvalue weighted by molar-refractivity contribution is 6.21. The first-order valence-electron chi connectivity index (χ1n) is 8.18. The van der Waals surface area contributed by atoms with Gasteiger partial charge in [-0.3, -0.25) is 9.59 Å². The van der Waals surface area contributed by atoms with Gasteiger partial charge in [0.25, 0.3) is 11.8 Å². The van der Waals surface area contributed by atoms with Crippen LogP contribution in [0.4, 0.5) is 4.39 Å². The molecular formula is C19H18FN2O2+. The SMILES string of the molecule is O=C1c2ccccc2C(=O)N1C[NH+](Cc1ccc(F)cc1)C1CC1. The van der Waals surface area contributed by atoms with Crippen molar-refractivity contribution in [2.24, 2.45) is 0 Å². The summed E-state index contributed by atoms with van der Waals surface area (Å²) in [6.45, 7) is 1.03. The van der Waals surface area contributed by atoms with E-state index in [2.05, 4.69) is 0 Å². The Labute approximate surface area is 139 Å². The second kappa shape index (κ2) is 5.83. The highest BCUT2D eigenvalue weighted by Gasteiger charge is 2.41. The molecule has 5 heteroatoms. The molecule has 0 bridgehead atoms. The van der Waals surface area contributed by atoms with E-state index in [0.29, 0.717) is 30.4 Å². The molecule has 4 rings (SSSR count). The third-order valence-corrected chi connectivity index (χ3v) is 4.74. The summed E-state index contributed by atoms with van der Waals surface area (Å²) in [7, 11) is 0. The van der Waals surface area contributed by atoms with Crippen molar-refractivity contribution >= 4 is 11.8 Å². The molecule has 1 heterocycles. The van der Waals surface area contributed by atoms with E-state index in [0.717, 1.165) is 18.4 Å². The lowest BCUT2D eigenvalue weighted by atomic mass is 10.1. The number of fused-ring (bicyclic) bond motifs is 1. The molecule has 24 heavy (non-hydrogen) atoms. The number of rotatable bonds is 5. The van der Waals surface area contributed by atoms with Crippen molar-refractivity contribution in [2.45, 2.75) is 25.4 Å². The fraction of sp³-hybridized carbons (Fsp3) is 0.263. The van der Waals surface area contributed by atoms with Gasteiger partial charge in [0.15, 0.2) is 6.67 Å². The maximum atomic E-state index is 13.1. The van der Waals surface area contributed by atoms with E-state index < -0.39 is 0 Å². The van der Waals surface area contributed by atoms with Gasteiger partial charge in [-0.2, -0.15) is 0 Å². The molecule has 0 aromatic heterocycles. The second-order valence-corrected chi connectivity index (χ2v) is 6.48. The molecule has 0 saturated heterocycles. The summed E-state index contributed by atoms with van der Waals surface area (Å²) < 4.78 is 13.1. The van der Waals surface area contributed by atoms with Crippen LogP contribution in [0.2, 0.25) is 0 Å². The molecular weight excluding hydrogens is 307 g/mol. The summed E-state index contributed by atoms with van der Waals surface area (Å²) >= 11 is 0. The van der Waals surface area contributed by atoms with E-state index in [4.69, 9.17) is 0 Å². The first-order valence-corrected chi connectivity index (χ1v) is 8.18. The minimum absolute atomic E-state index is 0.215. The number of benzene rings is 2. The average Bonchev–Trinajstić information content (AvgIpc) is 3.41. The molecule has 1 unspecified atom stereocenters. The zero-order valence-electron chi connectivity index (χ0n) is 13.2. The normalized spacial score (nSPS) is 18.0. The van der Waals surface area contributed by atoms with E-state index in [9.17, 15) is 14.0 Å². The highest BCUT2D eigenvalue weighted by atomic mass is 19.1. The molecule has 4 nitrogen and oxygen atoms in total. The van der Waals surface area contributed by atoms with Gasteiger partial charge in [-0.25, -0.2) is 9.29 Å². The molecule has 2 amide bonds. The lowest BCUT2D eigenvalue weighted by molar-refractivity contribution is -0.931. The zero-order chi connectivity index (χ0) is 16.7. The molecule has 1 aliphatic heterocycles. The van der Waals surface area contributed by atoms with Gasteiger partial charge in [0.05, 0.1) is 17.2 Å². The Kier molecular flexibility index (Phi) is 3.65. The lowest BCUT2D eigenvalue weighted by Gasteiger charge is -2.24. The van der Waals surface area contributed by atoms with Crippen molar-refractivity contribution in [3.05, 3.63) is 71.0 Å². The molecule has 1 saturated carbocycles. The minimum atomic E-state index is -0.257. The summed E-state index contributed by atoms with van der Waals surface area (Å²) in [6, 6.07) is 13.8. The van der Waals surface area contributed by atoms with E-state index in [-0.39, 0.29) is 17.6 Å². The van der Waals surface area contributed by atoms with Gasteiger partial charge in [0, 0.05) is 18.4 Å². The topological polar surface area (TPSA) is 41.8 Å². The first kappa shape index (κ1) is 15.0.